The Balaban J connectivity index is 1.93. The summed E-state index contributed by atoms with van der Waals surface area (Å²) in [4.78, 5) is 2.81. The third-order valence-electron chi connectivity index (χ3n) is 4.31. The first-order valence-corrected chi connectivity index (χ1v) is 9.52. The summed E-state index contributed by atoms with van der Waals surface area (Å²) in [6.07, 6.45) is 4.81. The zero-order chi connectivity index (χ0) is 16.3. The largest absolute Gasteiger partial charge is 0.397 e. The van der Waals surface area contributed by atoms with Crippen molar-refractivity contribution < 1.29 is 8.42 Å². The second-order valence-electron chi connectivity index (χ2n) is 5.94. The molecule has 1 saturated heterocycles. The number of sulfone groups is 1. The molecule has 4 nitrogen and oxygen atoms in total. The van der Waals surface area contributed by atoms with E-state index < -0.39 is 9.84 Å². The van der Waals surface area contributed by atoms with Gasteiger partial charge in [-0.3, -0.25) is 0 Å². The second-order valence-corrected chi connectivity index (χ2v) is 7.89. The van der Waals surface area contributed by atoms with Gasteiger partial charge in [0.25, 0.3) is 0 Å². The predicted octanol–water partition coefficient (Wildman–Crippen LogP) is 3.48. The summed E-state index contributed by atoms with van der Waals surface area (Å²) in [6, 6.07) is 13.6. The van der Waals surface area contributed by atoms with Gasteiger partial charge in [-0.25, -0.2) is 8.42 Å². The van der Waals surface area contributed by atoms with Gasteiger partial charge in [-0.15, -0.1) is 0 Å². The van der Waals surface area contributed by atoms with E-state index in [1.807, 2.05) is 6.07 Å². The van der Waals surface area contributed by atoms with Crippen molar-refractivity contribution in [1.82, 2.24) is 0 Å². The number of benzene rings is 2. The molecule has 2 aromatic carbocycles. The molecule has 0 unspecified atom stereocenters. The van der Waals surface area contributed by atoms with E-state index >= 15 is 0 Å². The maximum atomic E-state index is 12.7. The monoisotopic (exact) mass is 330 g/mol. The van der Waals surface area contributed by atoms with Gasteiger partial charge in [-0.05, 0) is 43.2 Å². The van der Waals surface area contributed by atoms with Crippen LogP contribution < -0.4 is 10.6 Å². The molecule has 0 aliphatic carbocycles. The average Bonchev–Trinajstić information content (AvgIpc) is 2.85. The van der Waals surface area contributed by atoms with Crippen molar-refractivity contribution in [3.63, 3.8) is 0 Å². The van der Waals surface area contributed by atoms with Gasteiger partial charge in [0.2, 0.25) is 9.84 Å². The maximum absolute atomic E-state index is 12.7. The van der Waals surface area contributed by atoms with Gasteiger partial charge in [0, 0.05) is 13.1 Å². The molecule has 2 aromatic rings. The standard InChI is InChI=1S/C18H22N2O2S/c19-17-14-16(23(21,22)15-8-4-3-5-9-15)10-11-18(17)20-12-6-1-2-7-13-20/h3-5,8-11,14H,1-2,6-7,12-13,19H2. The summed E-state index contributed by atoms with van der Waals surface area (Å²) in [5.74, 6) is 0. The van der Waals surface area contributed by atoms with Crippen LogP contribution in [0.15, 0.2) is 58.3 Å². The molecule has 5 heteroatoms. The molecule has 0 bridgehead atoms. The number of rotatable bonds is 3. The first-order chi connectivity index (χ1) is 11.1. The van der Waals surface area contributed by atoms with Crippen LogP contribution in [0, 0.1) is 0 Å². The second kappa shape index (κ2) is 6.62. The van der Waals surface area contributed by atoms with Gasteiger partial charge < -0.3 is 10.6 Å². The fraction of sp³-hybridized carbons (Fsp3) is 0.333. The number of nitrogens with zero attached hydrogens (tertiary/aromatic N) is 1. The quantitative estimate of drug-likeness (QED) is 0.875. The zero-order valence-corrected chi connectivity index (χ0v) is 13.9. The first-order valence-electron chi connectivity index (χ1n) is 8.04. The Bertz CT molecular complexity index is 765. The molecule has 0 saturated carbocycles. The summed E-state index contributed by atoms with van der Waals surface area (Å²) in [7, 11) is -3.51. The molecule has 1 heterocycles. The Hall–Kier alpha value is -2.01. The number of anilines is 2. The molecule has 1 aliphatic rings. The number of hydrogen-bond acceptors (Lipinski definition) is 4. The Morgan fingerprint density at radius 1 is 0.826 bits per heavy atom. The van der Waals surface area contributed by atoms with E-state index in [1.165, 1.54) is 12.8 Å². The highest BCUT2D eigenvalue weighted by molar-refractivity contribution is 7.91. The Kier molecular flexibility index (Phi) is 4.57. The lowest BCUT2D eigenvalue weighted by Crippen LogP contribution is -2.24. The predicted molar refractivity (Wildman–Crippen MR) is 93.4 cm³/mol. The highest BCUT2D eigenvalue weighted by atomic mass is 32.2. The van der Waals surface area contributed by atoms with Gasteiger partial charge in [-0.1, -0.05) is 31.0 Å². The van der Waals surface area contributed by atoms with Crippen LogP contribution in [-0.2, 0) is 9.84 Å². The molecule has 122 valence electrons. The molecular weight excluding hydrogens is 308 g/mol. The van der Waals surface area contributed by atoms with E-state index in [-0.39, 0.29) is 4.90 Å². The molecule has 2 N–H and O–H groups in total. The van der Waals surface area contributed by atoms with Crippen LogP contribution in [-0.4, -0.2) is 21.5 Å². The van der Waals surface area contributed by atoms with Crippen LogP contribution in [0.2, 0.25) is 0 Å². The summed E-state index contributed by atoms with van der Waals surface area (Å²) >= 11 is 0. The van der Waals surface area contributed by atoms with Crippen LogP contribution in [0.4, 0.5) is 11.4 Å². The smallest absolute Gasteiger partial charge is 0.206 e. The fourth-order valence-electron chi connectivity index (χ4n) is 3.04. The molecule has 23 heavy (non-hydrogen) atoms. The number of nitrogen functional groups attached to an aromatic ring is 1. The van der Waals surface area contributed by atoms with Gasteiger partial charge in [0.1, 0.15) is 0 Å². The molecular formula is C18H22N2O2S. The Morgan fingerprint density at radius 2 is 1.48 bits per heavy atom. The highest BCUT2D eigenvalue weighted by Crippen LogP contribution is 2.30. The molecule has 0 amide bonds. The first kappa shape index (κ1) is 15.9. The Labute approximate surface area is 137 Å². The van der Waals surface area contributed by atoms with E-state index in [2.05, 4.69) is 4.90 Å². The van der Waals surface area contributed by atoms with Crippen molar-refractivity contribution in [3.8, 4) is 0 Å². The summed E-state index contributed by atoms with van der Waals surface area (Å²) in [6.45, 7) is 1.96. The van der Waals surface area contributed by atoms with Crippen LogP contribution in [0.3, 0.4) is 0 Å². The van der Waals surface area contributed by atoms with E-state index in [4.69, 9.17) is 5.73 Å². The van der Waals surface area contributed by atoms with Gasteiger partial charge in [-0.2, -0.15) is 0 Å². The highest BCUT2D eigenvalue weighted by Gasteiger charge is 2.20. The van der Waals surface area contributed by atoms with E-state index in [1.54, 1.807) is 42.5 Å². The molecule has 0 atom stereocenters. The van der Waals surface area contributed by atoms with Crippen molar-refractivity contribution in [1.29, 1.82) is 0 Å². The van der Waals surface area contributed by atoms with E-state index in [0.29, 0.717) is 10.6 Å². The van der Waals surface area contributed by atoms with Gasteiger partial charge >= 0.3 is 0 Å². The fourth-order valence-corrected chi connectivity index (χ4v) is 4.35. The van der Waals surface area contributed by atoms with Crippen molar-refractivity contribution in [2.75, 3.05) is 23.7 Å². The molecule has 0 spiro atoms. The van der Waals surface area contributed by atoms with Crippen LogP contribution in [0.5, 0.6) is 0 Å². The minimum atomic E-state index is -3.51. The maximum Gasteiger partial charge on any atom is 0.206 e. The van der Waals surface area contributed by atoms with Crippen LogP contribution in [0.1, 0.15) is 25.7 Å². The zero-order valence-electron chi connectivity index (χ0n) is 13.1. The average molecular weight is 330 g/mol. The van der Waals surface area contributed by atoms with E-state index in [0.717, 1.165) is 31.6 Å². The van der Waals surface area contributed by atoms with Crippen molar-refractivity contribution >= 4 is 21.2 Å². The Morgan fingerprint density at radius 3 is 2.09 bits per heavy atom. The van der Waals surface area contributed by atoms with E-state index in [9.17, 15) is 8.42 Å². The number of nitrogens with two attached hydrogens (primary N) is 1. The lowest BCUT2D eigenvalue weighted by Gasteiger charge is -2.24. The lowest BCUT2D eigenvalue weighted by atomic mass is 10.2. The van der Waals surface area contributed by atoms with Crippen molar-refractivity contribution in [2.45, 2.75) is 35.5 Å². The third-order valence-corrected chi connectivity index (χ3v) is 6.08. The topological polar surface area (TPSA) is 63.4 Å². The summed E-state index contributed by atoms with van der Waals surface area (Å²) in [5, 5.41) is 0. The molecule has 0 radical (unpaired) electrons. The normalized spacial score (nSPS) is 16.1. The molecule has 0 aromatic heterocycles. The summed E-state index contributed by atoms with van der Waals surface area (Å²) < 4.78 is 25.3. The molecule has 1 fully saturated rings. The van der Waals surface area contributed by atoms with Gasteiger partial charge in [0.15, 0.2) is 0 Å². The van der Waals surface area contributed by atoms with Crippen LogP contribution in [0.25, 0.3) is 0 Å². The third kappa shape index (κ3) is 3.34. The van der Waals surface area contributed by atoms with Gasteiger partial charge in [0.05, 0.1) is 21.2 Å². The number of hydrogen-bond donors (Lipinski definition) is 1. The van der Waals surface area contributed by atoms with Crippen molar-refractivity contribution in [2.24, 2.45) is 0 Å². The SMILES string of the molecule is Nc1cc(S(=O)(=O)c2ccccc2)ccc1N1CCCCCC1. The van der Waals surface area contributed by atoms with Crippen molar-refractivity contribution in [3.05, 3.63) is 48.5 Å². The lowest BCUT2D eigenvalue weighted by molar-refractivity contribution is 0.596. The minimum Gasteiger partial charge on any atom is -0.397 e. The molecule has 1 aliphatic heterocycles. The summed E-state index contributed by atoms with van der Waals surface area (Å²) in [5.41, 5.74) is 7.65. The van der Waals surface area contributed by atoms with Crippen LogP contribution >= 0.6 is 0 Å². The molecule has 3 rings (SSSR count). The minimum absolute atomic E-state index is 0.250.